The van der Waals surface area contributed by atoms with Crippen molar-refractivity contribution >= 4 is 41.4 Å². The van der Waals surface area contributed by atoms with E-state index in [1.54, 1.807) is 0 Å². The molecule has 0 fully saturated rings. The second-order valence-electron chi connectivity index (χ2n) is 2.35. The second kappa shape index (κ2) is 8.02. The predicted octanol–water partition coefficient (Wildman–Crippen LogP) is 2.66. The van der Waals surface area contributed by atoms with Gasteiger partial charge in [-0.1, -0.05) is 31.9 Å². The first-order valence-electron chi connectivity index (χ1n) is 3.58. The first kappa shape index (κ1) is 10.9. The maximum atomic E-state index is 3.80. The fraction of sp³-hybridized carbons (Fsp3) is 0.714. The summed E-state index contributed by atoms with van der Waals surface area (Å²) in [5, 5.41) is 2.29. The van der Waals surface area contributed by atoms with Gasteiger partial charge in [0.2, 0.25) is 0 Å². The number of rotatable bonds is 6. The van der Waals surface area contributed by atoms with Gasteiger partial charge in [-0.05, 0) is 18.4 Å². The van der Waals surface area contributed by atoms with Gasteiger partial charge < -0.3 is 0 Å². The van der Waals surface area contributed by atoms with E-state index in [1.807, 2.05) is 0 Å². The topological polar surface area (TPSA) is 0 Å². The molecule has 0 aliphatic heterocycles. The van der Waals surface area contributed by atoms with Crippen LogP contribution in [0.2, 0.25) is 5.54 Å². The minimum Gasteiger partial charge on any atom is -0.108 e. The fourth-order valence-electron chi connectivity index (χ4n) is 0.924. The Bertz CT molecular complexity index is 79.7. The highest BCUT2D eigenvalue weighted by atomic mass is 79.9. The quantitative estimate of drug-likeness (QED) is 0.520. The molecule has 0 nitrogen and oxygen atoms in total. The van der Waals surface area contributed by atoms with Crippen LogP contribution >= 0.6 is 31.9 Å². The maximum Gasteiger partial charge on any atom is 0.0477 e. The summed E-state index contributed by atoms with van der Waals surface area (Å²) in [5.41, 5.74) is 3.10. The molecule has 0 unspecified atom stereocenters. The molecule has 0 bridgehead atoms. The number of alkyl halides is 2. The van der Waals surface area contributed by atoms with E-state index in [0.29, 0.717) is 0 Å². The summed E-state index contributed by atoms with van der Waals surface area (Å²) in [6.07, 6.45) is 2.65. The zero-order valence-electron chi connectivity index (χ0n) is 6.15. The number of hydrogen-bond acceptors (Lipinski definition) is 0. The molecule has 10 heavy (non-hydrogen) atoms. The predicted molar refractivity (Wildman–Crippen MR) is 59.3 cm³/mol. The normalized spacial score (nSPS) is 11.5. The molecule has 60 valence electrons. The first-order chi connectivity index (χ1) is 4.85. The van der Waals surface area contributed by atoms with Crippen LogP contribution in [0.1, 0.15) is 12.8 Å². The van der Waals surface area contributed by atoms with Crippen molar-refractivity contribution in [2.45, 2.75) is 18.4 Å². The van der Waals surface area contributed by atoms with Gasteiger partial charge in [-0.3, -0.25) is 0 Å². The Morgan fingerprint density at radius 2 is 1.80 bits per heavy atom. The van der Waals surface area contributed by atoms with Crippen LogP contribution in [0.4, 0.5) is 0 Å². The molecule has 0 N–H and O–H groups in total. The SMILES string of the molecule is C=C[SiH2]C(CCBr)CCBr. The molecule has 3 heteroatoms. The lowest BCUT2D eigenvalue weighted by molar-refractivity contribution is 0.782. The van der Waals surface area contributed by atoms with Crippen LogP contribution in [0.5, 0.6) is 0 Å². The van der Waals surface area contributed by atoms with Crippen LogP contribution in [0, 0.1) is 0 Å². The van der Waals surface area contributed by atoms with Gasteiger partial charge in [0.05, 0.1) is 0 Å². The molecule has 0 heterocycles. The van der Waals surface area contributed by atoms with Gasteiger partial charge in [0.15, 0.2) is 0 Å². The van der Waals surface area contributed by atoms with Gasteiger partial charge in [0, 0.05) is 20.2 Å². The molecule has 0 radical (unpaired) electrons. The standard InChI is InChI=1S/C7H14Br2Si/c1-2-10-7(3-5-8)4-6-9/h2,7H,1,3-6,10H2. The van der Waals surface area contributed by atoms with Crippen LogP contribution in [0.25, 0.3) is 0 Å². The molecule has 0 atom stereocenters. The Hall–Kier alpha value is 0.917. The lowest BCUT2D eigenvalue weighted by Crippen LogP contribution is -2.02. The molecule has 0 aromatic carbocycles. The van der Waals surface area contributed by atoms with Crippen molar-refractivity contribution in [2.75, 3.05) is 10.7 Å². The Kier molecular flexibility index (Phi) is 8.75. The largest absolute Gasteiger partial charge is 0.108 e. The van der Waals surface area contributed by atoms with Gasteiger partial charge in [0.25, 0.3) is 0 Å². The number of hydrogen-bond donors (Lipinski definition) is 0. The molecule has 0 spiro atoms. The van der Waals surface area contributed by atoms with Gasteiger partial charge in [-0.15, -0.1) is 12.3 Å². The molecule has 0 aliphatic carbocycles. The monoisotopic (exact) mass is 284 g/mol. The highest BCUT2D eigenvalue weighted by Crippen LogP contribution is 2.16. The summed E-state index contributed by atoms with van der Waals surface area (Å²) in [6.45, 7) is 3.80. The van der Waals surface area contributed by atoms with Crippen LogP contribution < -0.4 is 0 Å². The summed E-state index contributed by atoms with van der Waals surface area (Å²) in [4.78, 5) is 0. The highest BCUT2D eigenvalue weighted by Gasteiger charge is 2.04. The minimum atomic E-state index is 0.0176. The van der Waals surface area contributed by atoms with Crippen LogP contribution in [-0.2, 0) is 0 Å². The van der Waals surface area contributed by atoms with Crippen molar-refractivity contribution in [1.82, 2.24) is 0 Å². The molecule has 0 aromatic rings. The molecular weight excluding hydrogens is 272 g/mol. The van der Waals surface area contributed by atoms with Crippen LogP contribution in [0.15, 0.2) is 12.3 Å². The van der Waals surface area contributed by atoms with Crippen molar-refractivity contribution in [3.8, 4) is 0 Å². The third-order valence-corrected chi connectivity index (χ3v) is 4.27. The molecule has 0 amide bonds. The van der Waals surface area contributed by atoms with E-state index in [9.17, 15) is 0 Å². The van der Waals surface area contributed by atoms with E-state index < -0.39 is 0 Å². The van der Waals surface area contributed by atoms with E-state index >= 15 is 0 Å². The zero-order chi connectivity index (χ0) is 7.82. The maximum absolute atomic E-state index is 3.80. The third-order valence-electron chi connectivity index (χ3n) is 1.53. The van der Waals surface area contributed by atoms with E-state index in [4.69, 9.17) is 0 Å². The smallest absolute Gasteiger partial charge is 0.0477 e. The number of halogens is 2. The zero-order valence-corrected chi connectivity index (χ0v) is 10.7. The van der Waals surface area contributed by atoms with Gasteiger partial charge in [-0.2, -0.15) is 0 Å². The van der Waals surface area contributed by atoms with Gasteiger partial charge >= 0.3 is 0 Å². The van der Waals surface area contributed by atoms with E-state index in [2.05, 4.69) is 44.1 Å². The van der Waals surface area contributed by atoms with Crippen LogP contribution in [-0.4, -0.2) is 20.2 Å². The fourth-order valence-corrected chi connectivity index (χ4v) is 4.77. The Labute approximate surface area is 82.5 Å². The first-order valence-corrected chi connectivity index (χ1v) is 7.45. The Balaban J connectivity index is 3.38. The summed E-state index contributed by atoms with van der Waals surface area (Å²) >= 11 is 6.93. The lowest BCUT2D eigenvalue weighted by atomic mass is 10.3. The van der Waals surface area contributed by atoms with Gasteiger partial charge in [-0.25, -0.2) is 0 Å². The van der Waals surface area contributed by atoms with Crippen molar-refractivity contribution in [2.24, 2.45) is 0 Å². The molecule has 0 aromatic heterocycles. The van der Waals surface area contributed by atoms with E-state index in [-0.39, 0.29) is 9.52 Å². The van der Waals surface area contributed by atoms with Crippen LogP contribution in [0.3, 0.4) is 0 Å². The molecular formula is C7H14Br2Si. The summed E-state index contributed by atoms with van der Waals surface area (Å²) < 4.78 is 0. The van der Waals surface area contributed by atoms with Crippen molar-refractivity contribution in [1.29, 1.82) is 0 Å². The second-order valence-corrected chi connectivity index (χ2v) is 6.14. The van der Waals surface area contributed by atoms with Crippen molar-refractivity contribution in [3.63, 3.8) is 0 Å². The van der Waals surface area contributed by atoms with Crippen molar-refractivity contribution < 1.29 is 0 Å². The Morgan fingerprint density at radius 1 is 1.30 bits per heavy atom. The highest BCUT2D eigenvalue weighted by molar-refractivity contribution is 9.09. The summed E-state index contributed by atoms with van der Waals surface area (Å²) in [6, 6.07) is 0. The molecule has 0 saturated heterocycles. The third kappa shape index (κ3) is 5.68. The average molecular weight is 286 g/mol. The van der Waals surface area contributed by atoms with E-state index in [0.717, 1.165) is 16.2 Å². The molecule has 0 saturated carbocycles. The molecule has 0 rings (SSSR count). The van der Waals surface area contributed by atoms with E-state index in [1.165, 1.54) is 12.8 Å². The van der Waals surface area contributed by atoms with Crippen molar-refractivity contribution in [3.05, 3.63) is 12.3 Å². The van der Waals surface area contributed by atoms with Gasteiger partial charge in [0.1, 0.15) is 0 Å². The summed E-state index contributed by atoms with van der Waals surface area (Å²) in [5.74, 6) is 0. The minimum absolute atomic E-state index is 0.0176. The summed E-state index contributed by atoms with van der Waals surface area (Å²) in [7, 11) is 0.0176. The average Bonchev–Trinajstić information content (AvgIpc) is 1.90. The molecule has 0 aliphatic rings. The Morgan fingerprint density at radius 3 is 2.10 bits per heavy atom. The lowest BCUT2D eigenvalue weighted by Gasteiger charge is -2.09.